The quantitative estimate of drug-likeness (QED) is 0.849. The lowest BCUT2D eigenvalue weighted by Gasteiger charge is -2.15. The number of Topliss-reactive ketones (excluding diaryl/α,β-unsaturated/α-hetero) is 1. The van der Waals surface area contributed by atoms with Gasteiger partial charge in [0.25, 0.3) is 0 Å². The lowest BCUT2D eigenvalue weighted by Crippen LogP contribution is -2.25. The second kappa shape index (κ2) is 5.07. The summed E-state index contributed by atoms with van der Waals surface area (Å²) >= 11 is 0. The third-order valence-electron chi connectivity index (χ3n) is 3.99. The Morgan fingerprint density at radius 1 is 1.25 bits per heavy atom. The van der Waals surface area contributed by atoms with Gasteiger partial charge in [-0.25, -0.2) is 0 Å². The molecule has 5 heteroatoms. The van der Waals surface area contributed by atoms with Crippen molar-refractivity contribution in [2.24, 2.45) is 11.8 Å². The maximum absolute atomic E-state index is 12.3. The molecule has 1 amide bonds. The van der Waals surface area contributed by atoms with Gasteiger partial charge in [0.05, 0.1) is 12.3 Å². The van der Waals surface area contributed by atoms with Crippen molar-refractivity contribution >= 4 is 23.3 Å². The fourth-order valence-corrected chi connectivity index (χ4v) is 2.33. The molecule has 5 nitrogen and oxygen atoms in total. The first-order chi connectivity index (χ1) is 9.32. The molecule has 2 atom stereocenters. The van der Waals surface area contributed by atoms with E-state index in [1.165, 1.54) is 6.92 Å². The Morgan fingerprint density at radius 2 is 1.90 bits per heavy atom. The standard InChI is InChI=1S/C15H17NO4/c1-8(9(2)15(19)20)14(18)10-4-5-12-11(6-10)7-13(17)16(12)3/h4-6,8-9H,7H2,1-3H3,(H,19,20). The predicted octanol–water partition coefficient (Wildman–Crippen LogP) is 1.75. The molecule has 1 aliphatic rings. The maximum atomic E-state index is 12.3. The smallest absolute Gasteiger partial charge is 0.306 e. The molecule has 20 heavy (non-hydrogen) atoms. The number of carbonyl (C=O) groups excluding carboxylic acids is 2. The number of rotatable bonds is 4. The van der Waals surface area contributed by atoms with Gasteiger partial charge >= 0.3 is 5.97 Å². The summed E-state index contributed by atoms with van der Waals surface area (Å²) in [5, 5.41) is 8.97. The van der Waals surface area contributed by atoms with E-state index < -0.39 is 17.8 Å². The van der Waals surface area contributed by atoms with Crippen molar-refractivity contribution < 1.29 is 19.5 Å². The first-order valence-electron chi connectivity index (χ1n) is 6.49. The Labute approximate surface area is 117 Å². The molecule has 106 valence electrons. The largest absolute Gasteiger partial charge is 0.481 e. The summed E-state index contributed by atoms with van der Waals surface area (Å²) in [5.41, 5.74) is 2.09. The Morgan fingerprint density at radius 3 is 2.50 bits per heavy atom. The van der Waals surface area contributed by atoms with Crippen molar-refractivity contribution in [3.05, 3.63) is 29.3 Å². The van der Waals surface area contributed by atoms with Crippen LogP contribution >= 0.6 is 0 Å². The zero-order chi connectivity index (χ0) is 15.0. The van der Waals surface area contributed by atoms with E-state index in [0.29, 0.717) is 5.56 Å². The van der Waals surface area contributed by atoms with Crippen LogP contribution in [0.3, 0.4) is 0 Å². The molecule has 1 aromatic rings. The molecule has 0 fully saturated rings. The third kappa shape index (κ3) is 2.31. The van der Waals surface area contributed by atoms with Crippen LogP contribution in [0.15, 0.2) is 18.2 Å². The molecular weight excluding hydrogens is 258 g/mol. The Kier molecular flexibility index (Phi) is 3.61. The highest BCUT2D eigenvalue weighted by Gasteiger charge is 2.29. The molecule has 1 aromatic carbocycles. The van der Waals surface area contributed by atoms with Gasteiger partial charge in [0.2, 0.25) is 5.91 Å². The first-order valence-corrected chi connectivity index (χ1v) is 6.49. The predicted molar refractivity (Wildman–Crippen MR) is 73.9 cm³/mol. The summed E-state index contributed by atoms with van der Waals surface area (Å²) in [7, 11) is 1.70. The molecule has 0 aromatic heterocycles. The lowest BCUT2D eigenvalue weighted by atomic mass is 9.88. The molecular formula is C15H17NO4. The number of carboxylic acids is 1. The summed E-state index contributed by atoms with van der Waals surface area (Å²) < 4.78 is 0. The Balaban J connectivity index is 2.27. The number of carboxylic acid groups (broad SMARTS) is 1. The van der Waals surface area contributed by atoms with Gasteiger partial charge in [-0.15, -0.1) is 0 Å². The molecule has 0 radical (unpaired) electrons. The minimum absolute atomic E-state index is 0.00319. The van der Waals surface area contributed by atoms with Gasteiger partial charge < -0.3 is 10.0 Å². The summed E-state index contributed by atoms with van der Waals surface area (Å²) in [5.74, 6) is -2.52. The summed E-state index contributed by atoms with van der Waals surface area (Å²) in [4.78, 5) is 36.4. The van der Waals surface area contributed by atoms with Crippen molar-refractivity contribution in [1.82, 2.24) is 0 Å². The van der Waals surface area contributed by atoms with E-state index in [-0.39, 0.29) is 18.1 Å². The van der Waals surface area contributed by atoms with Gasteiger partial charge in [-0.2, -0.15) is 0 Å². The zero-order valence-corrected chi connectivity index (χ0v) is 11.7. The van der Waals surface area contributed by atoms with Gasteiger partial charge in [0.15, 0.2) is 5.78 Å². The third-order valence-corrected chi connectivity index (χ3v) is 3.99. The van der Waals surface area contributed by atoms with Gasteiger partial charge in [0.1, 0.15) is 0 Å². The molecule has 0 bridgehead atoms. The van der Waals surface area contributed by atoms with Crippen LogP contribution in [-0.2, 0) is 16.0 Å². The fourth-order valence-electron chi connectivity index (χ4n) is 2.33. The van der Waals surface area contributed by atoms with E-state index in [1.54, 1.807) is 37.1 Å². The highest BCUT2D eigenvalue weighted by atomic mass is 16.4. The molecule has 2 unspecified atom stereocenters. The lowest BCUT2D eigenvalue weighted by molar-refractivity contribution is -0.142. The van der Waals surface area contributed by atoms with Crippen molar-refractivity contribution in [2.75, 3.05) is 11.9 Å². The average molecular weight is 275 g/mol. The Bertz CT molecular complexity index is 594. The van der Waals surface area contributed by atoms with Crippen LogP contribution in [-0.4, -0.2) is 29.8 Å². The van der Waals surface area contributed by atoms with Gasteiger partial charge in [-0.3, -0.25) is 14.4 Å². The average Bonchev–Trinajstić information content (AvgIpc) is 2.71. The van der Waals surface area contributed by atoms with Crippen LogP contribution in [0.2, 0.25) is 0 Å². The number of fused-ring (bicyclic) bond motifs is 1. The highest BCUT2D eigenvalue weighted by molar-refractivity contribution is 6.04. The van der Waals surface area contributed by atoms with E-state index in [1.807, 2.05) is 0 Å². The number of hydrogen-bond acceptors (Lipinski definition) is 3. The van der Waals surface area contributed by atoms with Crippen molar-refractivity contribution in [3.63, 3.8) is 0 Å². The summed E-state index contributed by atoms with van der Waals surface area (Å²) in [6, 6.07) is 5.09. The SMILES string of the molecule is CC(C(=O)O)C(C)C(=O)c1ccc2c(c1)CC(=O)N2C. The van der Waals surface area contributed by atoms with E-state index in [2.05, 4.69) is 0 Å². The molecule has 0 saturated carbocycles. The van der Waals surface area contributed by atoms with E-state index in [4.69, 9.17) is 5.11 Å². The van der Waals surface area contributed by atoms with Crippen LogP contribution in [0.4, 0.5) is 5.69 Å². The minimum Gasteiger partial charge on any atom is -0.481 e. The second-order valence-electron chi connectivity index (χ2n) is 5.25. The second-order valence-corrected chi connectivity index (χ2v) is 5.25. The molecule has 2 rings (SSSR count). The zero-order valence-electron chi connectivity index (χ0n) is 11.7. The van der Waals surface area contributed by atoms with Crippen LogP contribution in [0.5, 0.6) is 0 Å². The monoisotopic (exact) mass is 275 g/mol. The first kappa shape index (κ1) is 14.2. The molecule has 0 aliphatic carbocycles. The number of carbonyl (C=O) groups is 3. The van der Waals surface area contributed by atoms with Gasteiger partial charge in [0, 0.05) is 24.2 Å². The number of anilines is 1. The molecule has 1 N–H and O–H groups in total. The van der Waals surface area contributed by atoms with Crippen LogP contribution < -0.4 is 4.90 Å². The van der Waals surface area contributed by atoms with Crippen LogP contribution in [0.1, 0.15) is 29.8 Å². The summed E-state index contributed by atoms with van der Waals surface area (Å²) in [6.07, 6.45) is 0.288. The van der Waals surface area contributed by atoms with Gasteiger partial charge in [-0.1, -0.05) is 13.8 Å². The number of ketones is 1. The van der Waals surface area contributed by atoms with Crippen LogP contribution in [0, 0.1) is 11.8 Å². The minimum atomic E-state index is -0.984. The highest BCUT2D eigenvalue weighted by Crippen LogP contribution is 2.29. The topological polar surface area (TPSA) is 74.7 Å². The fraction of sp³-hybridized carbons (Fsp3) is 0.400. The molecule has 1 heterocycles. The number of hydrogen-bond donors (Lipinski definition) is 1. The maximum Gasteiger partial charge on any atom is 0.306 e. The van der Waals surface area contributed by atoms with Crippen molar-refractivity contribution in [1.29, 1.82) is 0 Å². The number of aliphatic carboxylic acids is 1. The van der Waals surface area contributed by atoms with E-state index in [9.17, 15) is 14.4 Å². The Hall–Kier alpha value is -2.17. The molecule has 0 spiro atoms. The number of benzene rings is 1. The number of likely N-dealkylation sites (N-methyl/N-ethyl adjacent to an activating group) is 1. The van der Waals surface area contributed by atoms with E-state index >= 15 is 0 Å². The summed E-state index contributed by atoms with van der Waals surface area (Å²) in [6.45, 7) is 3.14. The molecule has 0 saturated heterocycles. The number of amides is 1. The van der Waals surface area contributed by atoms with Gasteiger partial charge in [-0.05, 0) is 23.8 Å². The van der Waals surface area contributed by atoms with Crippen LogP contribution in [0.25, 0.3) is 0 Å². The van der Waals surface area contributed by atoms with Crippen molar-refractivity contribution in [3.8, 4) is 0 Å². The van der Waals surface area contributed by atoms with Crippen molar-refractivity contribution in [2.45, 2.75) is 20.3 Å². The molecule has 1 aliphatic heterocycles. The normalized spacial score (nSPS) is 16.8. The van der Waals surface area contributed by atoms with E-state index in [0.717, 1.165) is 11.3 Å². The number of nitrogens with zero attached hydrogens (tertiary/aromatic N) is 1.